The van der Waals surface area contributed by atoms with Crippen LogP contribution in [0.1, 0.15) is 30.5 Å². The molecule has 0 saturated heterocycles. The van der Waals surface area contributed by atoms with Crippen molar-refractivity contribution in [1.29, 1.82) is 5.26 Å². The van der Waals surface area contributed by atoms with Crippen LogP contribution in [0.15, 0.2) is 6.07 Å². The molecule has 2 heterocycles. The minimum absolute atomic E-state index is 0.169. The lowest BCUT2D eigenvalue weighted by atomic mass is 9.99. The Labute approximate surface area is 94.6 Å². The summed E-state index contributed by atoms with van der Waals surface area (Å²) in [6.45, 7) is 4.05. The largest absolute Gasteiger partial charge is 0.490 e. The third kappa shape index (κ3) is 1.19. The second-order valence-corrected chi connectivity index (χ2v) is 4.59. The molecule has 2 aliphatic heterocycles. The third-order valence-electron chi connectivity index (χ3n) is 3.18. The molecule has 2 aliphatic rings. The van der Waals surface area contributed by atoms with Crippen LogP contribution in [0.25, 0.3) is 0 Å². The molecule has 16 heavy (non-hydrogen) atoms. The molecule has 0 aliphatic carbocycles. The molecular formula is C13H13NO2. The zero-order valence-electron chi connectivity index (χ0n) is 9.41. The van der Waals surface area contributed by atoms with Crippen molar-refractivity contribution in [2.75, 3.05) is 0 Å². The summed E-state index contributed by atoms with van der Waals surface area (Å²) in [5.41, 5.74) is 2.81. The topological polar surface area (TPSA) is 42.2 Å². The van der Waals surface area contributed by atoms with E-state index in [9.17, 15) is 5.26 Å². The second-order valence-electron chi connectivity index (χ2n) is 4.59. The highest BCUT2D eigenvalue weighted by Gasteiger charge is 2.31. The van der Waals surface area contributed by atoms with Crippen molar-refractivity contribution in [3.05, 3.63) is 22.8 Å². The normalized spacial score (nSPS) is 25.3. The summed E-state index contributed by atoms with van der Waals surface area (Å²) in [4.78, 5) is 0. The molecule has 0 spiro atoms. The minimum Gasteiger partial charge on any atom is -0.490 e. The van der Waals surface area contributed by atoms with E-state index in [2.05, 4.69) is 6.07 Å². The highest BCUT2D eigenvalue weighted by atomic mass is 16.5. The minimum atomic E-state index is 0.169. The Morgan fingerprint density at radius 1 is 1.25 bits per heavy atom. The first-order valence-electron chi connectivity index (χ1n) is 5.61. The molecule has 82 valence electrons. The van der Waals surface area contributed by atoms with Gasteiger partial charge in [-0.3, -0.25) is 0 Å². The van der Waals surface area contributed by atoms with Gasteiger partial charge in [0.15, 0.2) is 0 Å². The van der Waals surface area contributed by atoms with Crippen LogP contribution in [0.2, 0.25) is 0 Å². The van der Waals surface area contributed by atoms with Crippen molar-refractivity contribution in [3.63, 3.8) is 0 Å². The van der Waals surface area contributed by atoms with Crippen LogP contribution in [0.3, 0.4) is 0 Å². The Bertz CT molecular complexity index is 465. The molecule has 1 aromatic rings. The quantitative estimate of drug-likeness (QED) is 0.666. The van der Waals surface area contributed by atoms with E-state index < -0.39 is 0 Å². The average Bonchev–Trinajstić information content (AvgIpc) is 2.74. The number of nitriles is 1. The molecule has 2 unspecified atom stereocenters. The van der Waals surface area contributed by atoms with E-state index in [1.165, 1.54) is 0 Å². The van der Waals surface area contributed by atoms with Gasteiger partial charge in [0.05, 0.1) is 0 Å². The van der Waals surface area contributed by atoms with E-state index in [0.717, 1.165) is 35.5 Å². The highest BCUT2D eigenvalue weighted by Crippen LogP contribution is 2.42. The first kappa shape index (κ1) is 9.53. The molecule has 3 nitrogen and oxygen atoms in total. The van der Waals surface area contributed by atoms with Crippen molar-refractivity contribution in [2.24, 2.45) is 0 Å². The predicted molar refractivity (Wildman–Crippen MR) is 58.7 cm³/mol. The highest BCUT2D eigenvalue weighted by molar-refractivity contribution is 5.62. The SMILES string of the molecule is CC1Cc2c(cc3c(c2C#N)OC(C)C3)O1. The van der Waals surface area contributed by atoms with Gasteiger partial charge in [0.25, 0.3) is 0 Å². The van der Waals surface area contributed by atoms with Gasteiger partial charge in [0.2, 0.25) is 0 Å². The number of benzene rings is 1. The number of hydrogen-bond donors (Lipinski definition) is 0. The third-order valence-corrected chi connectivity index (χ3v) is 3.18. The van der Waals surface area contributed by atoms with Crippen LogP contribution in [0.5, 0.6) is 11.5 Å². The molecular weight excluding hydrogens is 202 g/mol. The fraction of sp³-hybridized carbons (Fsp3) is 0.462. The van der Waals surface area contributed by atoms with Crippen LogP contribution < -0.4 is 9.47 Å². The van der Waals surface area contributed by atoms with Gasteiger partial charge in [0, 0.05) is 24.0 Å². The molecule has 0 aromatic heterocycles. The van der Waals surface area contributed by atoms with Gasteiger partial charge in [-0.05, 0) is 19.9 Å². The van der Waals surface area contributed by atoms with Crippen LogP contribution in [-0.4, -0.2) is 12.2 Å². The molecule has 0 radical (unpaired) electrons. The first-order chi connectivity index (χ1) is 7.69. The van der Waals surface area contributed by atoms with Crippen molar-refractivity contribution < 1.29 is 9.47 Å². The summed E-state index contributed by atoms with van der Waals surface area (Å²) in [6, 6.07) is 4.30. The zero-order valence-corrected chi connectivity index (χ0v) is 9.41. The number of nitrogens with zero attached hydrogens (tertiary/aromatic N) is 1. The van der Waals surface area contributed by atoms with Gasteiger partial charge in [0.1, 0.15) is 35.3 Å². The van der Waals surface area contributed by atoms with E-state index in [-0.39, 0.29) is 12.2 Å². The molecule has 0 N–H and O–H groups in total. The Hall–Kier alpha value is -1.69. The summed E-state index contributed by atoms with van der Waals surface area (Å²) in [5.74, 6) is 1.66. The van der Waals surface area contributed by atoms with Crippen LogP contribution in [0, 0.1) is 11.3 Å². The van der Waals surface area contributed by atoms with Gasteiger partial charge in [-0.1, -0.05) is 0 Å². The van der Waals surface area contributed by atoms with Crippen molar-refractivity contribution >= 4 is 0 Å². The van der Waals surface area contributed by atoms with Crippen LogP contribution >= 0.6 is 0 Å². The lowest BCUT2D eigenvalue weighted by molar-refractivity contribution is 0.253. The van der Waals surface area contributed by atoms with E-state index >= 15 is 0 Å². The van der Waals surface area contributed by atoms with E-state index in [4.69, 9.17) is 9.47 Å². The zero-order chi connectivity index (χ0) is 11.3. The Kier molecular flexibility index (Phi) is 1.88. The molecule has 3 heteroatoms. The monoisotopic (exact) mass is 215 g/mol. The molecule has 1 aromatic carbocycles. The molecule has 2 atom stereocenters. The van der Waals surface area contributed by atoms with Gasteiger partial charge in [-0.2, -0.15) is 5.26 Å². The lowest BCUT2D eigenvalue weighted by Gasteiger charge is -2.07. The maximum atomic E-state index is 9.25. The lowest BCUT2D eigenvalue weighted by Crippen LogP contribution is -2.07. The molecule has 0 saturated carbocycles. The second kappa shape index (κ2) is 3.15. The summed E-state index contributed by atoms with van der Waals surface area (Å²) < 4.78 is 11.4. The Morgan fingerprint density at radius 2 is 2.00 bits per heavy atom. The maximum absolute atomic E-state index is 9.25. The predicted octanol–water partition coefficient (Wildman–Crippen LogP) is 2.21. The number of hydrogen-bond acceptors (Lipinski definition) is 3. The van der Waals surface area contributed by atoms with E-state index in [1.807, 2.05) is 19.9 Å². The Morgan fingerprint density at radius 3 is 2.75 bits per heavy atom. The summed E-state index contributed by atoms with van der Waals surface area (Å²) in [7, 11) is 0. The molecule has 0 fully saturated rings. The first-order valence-corrected chi connectivity index (χ1v) is 5.61. The summed E-state index contributed by atoms with van der Waals surface area (Å²) in [5, 5.41) is 9.25. The molecule has 3 rings (SSSR count). The van der Waals surface area contributed by atoms with Crippen molar-refractivity contribution in [1.82, 2.24) is 0 Å². The smallest absolute Gasteiger partial charge is 0.141 e. The van der Waals surface area contributed by atoms with E-state index in [0.29, 0.717) is 5.56 Å². The standard InChI is InChI=1S/C13H13NO2/c1-7-3-9-5-12-10(4-8(2)15-12)11(6-14)13(9)16-7/h5,7-8H,3-4H2,1-2H3. The summed E-state index contributed by atoms with van der Waals surface area (Å²) in [6.07, 6.45) is 2.02. The fourth-order valence-electron chi connectivity index (χ4n) is 2.54. The summed E-state index contributed by atoms with van der Waals surface area (Å²) >= 11 is 0. The van der Waals surface area contributed by atoms with Gasteiger partial charge in [-0.25, -0.2) is 0 Å². The Balaban J connectivity index is 2.20. The number of fused-ring (bicyclic) bond motifs is 2. The maximum Gasteiger partial charge on any atom is 0.141 e. The van der Waals surface area contributed by atoms with Gasteiger partial charge in [-0.15, -0.1) is 0 Å². The van der Waals surface area contributed by atoms with Crippen LogP contribution in [0.4, 0.5) is 0 Å². The average molecular weight is 215 g/mol. The molecule has 0 bridgehead atoms. The fourth-order valence-corrected chi connectivity index (χ4v) is 2.54. The van der Waals surface area contributed by atoms with Crippen molar-refractivity contribution in [3.8, 4) is 17.6 Å². The number of rotatable bonds is 0. The van der Waals surface area contributed by atoms with Crippen molar-refractivity contribution in [2.45, 2.75) is 38.9 Å². The van der Waals surface area contributed by atoms with Gasteiger partial charge >= 0.3 is 0 Å². The number of ether oxygens (including phenoxy) is 2. The molecule has 0 amide bonds. The van der Waals surface area contributed by atoms with Crippen LogP contribution in [-0.2, 0) is 12.8 Å². The van der Waals surface area contributed by atoms with Gasteiger partial charge < -0.3 is 9.47 Å². The van der Waals surface area contributed by atoms with E-state index in [1.54, 1.807) is 0 Å².